The van der Waals surface area contributed by atoms with E-state index in [2.05, 4.69) is 14.8 Å². The molecule has 4 nitrogen and oxygen atoms in total. The van der Waals surface area contributed by atoms with Crippen LogP contribution in [-0.2, 0) is 0 Å². The van der Waals surface area contributed by atoms with Crippen LogP contribution in [0.5, 0.6) is 0 Å². The Labute approximate surface area is 72.8 Å². The van der Waals surface area contributed by atoms with E-state index in [0.717, 1.165) is 0 Å². The van der Waals surface area contributed by atoms with Crippen LogP contribution in [0.3, 0.4) is 0 Å². The maximum absolute atomic E-state index is 6.59. The summed E-state index contributed by atoms with van der Waals surface area (Å²) in [6.45, 7) is 6.59. The molecule has 0 saturated heterocycles. The van der Waals surface area contributed by atoms with Crippen molar-refractivity contribution in [3.63, 3.8) is 0 Å². The molecular weight excluding hydrogens is 187 g/mol. The fraction of sp³-hybridized carbons (Fsp3) is 0. The lowest BCUT2D eigenvalue weighted by atomic mass is 10.6. The Morgan fingerprint density at radius 3 is 2.36 bits per heavy atom. The molecule has 0 aliphatic rings. The van der Waals surface area contributed by atoms with Gasteiger partial charge in [-0.15, -0.1) is 4.98 Å². The summed E-state index contributed by atoms with van der Waals surface area (Å²) < 4.78 is 0. The highest BCUT2D eigenvalue weighted by atomic mass is 35.5. The summed E-state index contributed by atoms with van der Waals surface area (Å²) in [7, 11) is 0. The Hall–Kier alpha value is -1.05. The number of nitrogens with two attached hydrogens (primary N) is 1. The molecule has 1 aromatic heterocycles. The fourth-order valence-electron chi connectivity index (χ4n) is 0.481. The summed E-state index contributed by atoms with van der Waals surface area (Å²) in [5.41, 5.74) is 5.27. The molecule has 56 valence electrons. The van der Waals surface area contributed by atoms with Crippen molar-refractivity contribution in [3.8, 4) is 0 Å². The maximum Gasteiger partial charge on any atom is 0.313 e. The molecule has 1 heterocycles. The van der Waals surface area contributed by atoms with Gasteiger partial charge in [-0.2, -0.15) is 0 Å². The number of anilines is 1. The van der Waals surface area contributed by atoms with Crippen LogP contribution in [-0.4, -0.2) is 9.97 Å². The Bertz CT molecular complexity index is 330. The smallest absolute Gasteiger partial charge is 0.313 e. The van der Waals surface area contributed by atoms with Crippen LogP contribution in [0.4, 0.5) is 11.6 Å². The molecule has 6 heteroatoms. The minimum atomic E-state index is -0.0283. The minimum absolute atomic E-state index is 0.00519. The third-order valence-corrected chi connectivity index (χ3v) is 1.55. The summed E-state index contributed by atoms with van der Waals surface area (Å²) in [4.78, 5) is 10.1. The molecule has 0 aliphatic heterocycles. The number of nitrogens with zero attached hydrogens (tertiary/aromatic N) is 3. The molecule has 0 spiro atoms. The predicted octanol–water partition coefficient (Wildman–Crippen LogP) is 1.92. The van der Waals surface area contributed by atoms with Crippen molar-refractivity contribution >= 4 is 34.8 Å². The number of hydrogen-bond donors (Lipinski definition) is 1. The van der Waals surface area contributed by atoms with E-state index < -0.39 is 0 Å². The monoisotopic (exact) mass is 188 g/mol. The molecule has 0 aliphatic carbocycles. The van der Waals surface area contributed by atoms with Crippen molar-refractivity contribution in [2.24, 2.45) is 0 Å². The molecule has 0 atom stereocenters. The second kappa shape index (κ2) is 2.91. The molecule has 11 heavy (non-hydrogen) atoms. The van der Waals surface area contributed by atoms with Crippen molar-refractivity contribution < 1.29 is 0 Å². The molecule has 0 aromatic carbocycles. The van der Waals surface area contributed by atoms with Gasteiger partial charge >= 0.3 is 5.82 Å². The van der Waals surface area contributed by atoms with Gasteiger partial charge in [-0.3, -0.25) is 0 Å². The van der Waals surface area contributed by atoms with Crippen LogP contribution >= 0.6 is 23.2 Å². The first kappa shape index (κ1) is 8.05. The Morgan fingerprint density at radius 1 is 1.27 bits per heavy atom. The van der Waals surface area contributed by atoms with Gasteiger partial charge in [0.25, 0.3) is 5.15 Å². The van der Waals surface area contributed by atoms with Gasteiger partial charge in [0.2, 0.25) is 0 Å². The van der Waals surface area contributed by atoms with E-state index in [1.807, 2.05) is 0 Å². The highest BCUT2D eigenvalue weighted by Crippen LogP contribution is 2.24. The first-order chi connectivity index (χ1) is 5.15. The zero-order chi connectivity index (χ0) is 8.43. The summed E-state index contributed by atoms with van der Waals surface area (Å²) in [5.74, 6) is -0.0335. The molecule has 2 N–H and O–H groups in total. The maximum atomic E-state index is 6.59. The Morgan fingerprint density at radius 2 is 1.82 bits per heavy atom. The van der Waals surface area contributed by atoms with Crippen molar-refractivity contribution in [1.29, 1.82) is 0 Å². The second-order valence-corrected chi connectivity index (χ2v) is 2.34. The number of rotatable bonds is 0. The van der Waals surface area contributed by atoms with Gasteiger partial charge in [-0.05, 0) is 11.6 Å². The highest BCUT2D eigenvalue weighted by Gasteiger charge is 2.09. The lowest BCUT2D eigenvalue weighted by molar-refractivity contribution is 1.23. The number of hydrogen-bond acceptors (Lipinski definition) is 3. The molecular formula is C5H2Cl2N4. The molecule has 0 unspecified atom stereocenters. The third kappa shape index (κ3) is 1.50. The molecule has 0 radical (unpaired) electrons. The van der Waals surface area contributed by atoms with Gasteiger partial charge in [0.1, 0.15) is 0 Å². The molecule has 0 saturated carbocycles. The fourth-order valence-corrected chi connectivity index (χ4v) is 0.736. The normalized spacial score (nSPS) is 9.18. The third-order valence-electron chi connectivity index (χ3n) is 0.928. The SMILES string of the molecule is [C-]#[N+]c1nc(Cl)c(Cl)nc1N. The van der Waals surface area contributed by atoms with Crippen LogP contribution in [0.1, 0.15) is 0 Å². The number of aromatic nitrogens is 2. The van der Waals surface area contributed by atoms with Gasteiger partial charge < -0.3 is 10.6 Å². The number of nitrogen functional groups attached to an aromatic ring is 1. The number of halogens is 2. The van der Waals surface area contributed by atoms with E-state index in [-0.39, 0.29) is 21.9 Å². The largest absolute Gasteiger partial charge is 0.391 e. The first-order valence-electron chi connectivity index (χ1n) is 2.51. The first-order valence-corrected chi connectivity index (χ1v) is 3.26. The van der Waals surface area contributed by atoms with Crippen LogP contribution in [0.25, 0.3) is 4.85 Å². The van der Waals surface area contributed by atoms with Crippen LogP contribution in [0, 0.1) is 6.57 Å². The zero-order valence-corrected chi connectivity index (χ0v) is 6.69. The van der Waals surface area contributed by atoms with Crippen molar-refractivity contribution in [3.05, 3.63) is 21.7 Å². The van der Waals surface area contributed by atoms with Gasteiger partial charge in [-0.1, -0.05) is 18.2 Å². The van der Waals surface area contributed by atoms with Crippen LogP contribution in [0.15, 0.2) is 0 Å². The van der Waals surface area contributed by atoms with Crippen molar-refractivity contribution in [2.45, 2.75) is 0 Å². The van der Waals surface area contributed by atoms with E-state index in [1.54, 1.807) is 0 Å². The molecule has 0 fully saturated rings. The average Bonchev–Trinajstić information content (AvgIpc) is 1.97. The van der Waals surface area contributed by atoms with Gasteiger partial charge in [0, 0.05) is 0 Å². The van der Waals surface area contributed by atoms with Gasteiger partial charge in [-0.25, -0.2) is 4.98 Å². The molecule has 0 amide bonds. The van der Waals surface area contributed by atoms with E-state index >= 15 is 0 Å². The highest BCUT2D eigenvalue weighted by molar-refractivity contribution is 6.40. The summed E-state index contributed by atoms with van der Waals surface area (Å²) in [6.07, 6.45) is 0. The summed E-state index contributed by atoms with van der Waals surface area (Å²) >= 11 is 10.9. The summed E-state index contributed by atoms with van der Waals surface area (Å²) in [5, 5.41) is 0.00318. The standard InChI is InChI=1S/C5H2Cl2N4/c1-9-5-4(8)10-2(6)3(7)11-5/h(H2,8,10). The average molecular weight is 189 g/mol. The predicted molar refractivity (Wildman–Crippen MR) is 42.7 cm³/mol. The lowest BCUT2D eigenvalue weighted by Gasteiger charge is -1.95. The second-order valence-electron chi connectivity index (χ2n) is 1.63. The van der Waals surface area contributed by atoms with Crippen molar-refractivity contribution in [2.75, 3.05) is 5.73 Å². The molecule has 1 rings (SSSR count). The minimum Gasteiger partial charge on any atom is -0.391 e. The van der Waals surface area contributed by atoms with E-state index in [1.165, 1.54) is 0 Å². The van der Waals surface area contributed by atoms with E-state index in [4.69, 9.17) is 35.5 Å². The van der Waals surface area contributed by atoms with Crippen LogP contribution in [0.2, 0.25) is 10.3 Å². The quantitative estimate of drug-likeness (QED) is 0.634. The molecule has 1 aromatic rings. The summed E-state index contributed by atoms with van der Waals surface area (Å²) in [6, 6.07) is 0. The van der Waals surface area contributed by atoms with E-state index in [0.29, 0.717) is 0 Å². The van der Waals surface area contributed by atoms with Crippen molar-refractivity contribution in [1.82, 2.24) is 9.97 Å². The van der Waals surface area contributed by atoms with Gasteiger partial charge in [0.05, 0.1) is 0 Å². The topological polar surface area (TPSA) is 56.2 Å². The van der Waals surface area contributed by atoms with E-state index in [9.17, 15) is 0 Å². The van der Waals surface area contributed by atoms with Gasteiger partial charge in [0.15, 0.2) is 11.0 Å². The van der Waals surface area contributed by atoms with Crippen LogP contribution < -0.4 is 5.73 Å². The Balaban J connectivity index is 3.35. The molecule has 0 bridgehead atoms. The zero-order valence-electron chi connectivity index (χ0n) is 5.17. The Kier molecular flexibility index (Phi) is 2.13. The lowest BCUT2D eigenvalue weighted by Crippen LogP contribution is -1.93.